The molecule has 0 amide bonds. The second kappa shape index (κ2) is 55.7. The summed E-state index contributed by atoms with van der Waals surface area (Å²) in [7, 11) is 0. The molecule has 0 saturated heterocycles. The van der Waals surface area contributed by atoms with Crippen LogP contribution in [0.1, 0.15) is 290 Å². The summed E-state index contributed by atoms with van der Waals surface area (Å²) >= 11 is 0. The zero-order valence-corrected chi connectivity index (χ0v) is 44.4. The van der Waals surface area contributed by atoms with Gasteiger partial charge in [-0.1, -0.05) is 255 Å². The number of ether oxygens (including phenoxy) is 3. The van der Waals surface area contributed by atoms with Crippen molar-refractivity contribution in [1.29, 1.82) is 0 Å². The van der Waals surface area contributed by atoms with Crippen LogP contribution in [0.3, 0.4) is 0 Å². The zero-order valence-electron chi connectivity index (χ0n) is 44.4. The lowest BCUT2D eigenvalue weighted by atomic mass is 10.0. The van der Waals surface area contributed by atoms with Crippen molar-refractivity contribution < 1.29 is 28.6 Å². The number of allylic oxidation sites excluding steroid dienone is 10. The Morgan fingerprint density at radius 3 is 0.970 bits per heavy atom. The zero-order chi connectivity index (χ0) is 48.6. The van der Waals surface area contributed by atoms with E-state index in [4.69, 9.17) is 14.2 Å². The highest BCUT2D eigenvalue weighted by Crippen LogP contribution is 2.16. The average Bonchev–Trinajstić information content (AvgIpc) is 3.33. The third-order valence-electron chi connectivity index (χ3n) is 12.5. The SMILES string of the molecule is CC/C=C\C/C=C\C/C=C\C/C=C\CCCCCCC(=O)OC[C@H](COC(=O)CCCCCCCCCCCCCCCCCCCCCCC)OC(=O)CCCCCCC/C=C\CCCC. The van der Waals surface area contributed by atoms with Crippen LogP contribution in [0.5, 0.6) is 0 Å². The minimum absolute atomic E-state index is 0.0832. The number of carbonyl (C=O) groups is 3. The molecule has 0 aliphatic carbocycles. The van der Waals surface area contributed by atoms with Gasteiger partial charge >= 0.3 is 17.9 Å². The van der Waals surface area contributed by atoms with Crippen molar-refractivity contribution in [1.82, 2.24) is 0 Å². The summed E-state index contributed by atoms with van der Waals surface area (Å²) < 4.78 is 16.8. The van der Waals surface area contributed by atoms with Crippen molar-refractivity contribution in [2.75, 3.05) is 13.2 Å². The topological polar surface area (TPSA) is 78.9 Å². The number of hydrogen-bond acceptors (Lipinski definition) is 6. The van der Waals surface area contributed by atoms with Gasteiger partial charge in [-0.25, -0.2) is 0 Å². The third-order valence-corrected chi connectivity index (χ3v) is 12.5. The van der Waals surface area contributed by atoms with Crippen LogP contribution in [-0.4, -0.2) is 37.2 Å². The highest BCUT2D eigenvalue weighted by atomic mass is 16.6. The monoisotopic (exact) mass is 937 g/mol. The fourth-order valence-corrected chi connectivity index (χ4v) is 8.18. The molecule has 0 aliphatic heterocycles. The maximum Gasteiger partial charge on any atom is 0.306 e. The summed E-state index contributed by atoms with van der Waals surface area (Å²) in [5, 5.41) is 0. The van der Waals surface area contributed by atoms with E-state index in [2.05, 4.69) is 81.5 Å². The quantitative estimate of drug-likeness (QED) is 0.0262. The Hall–Kier alpha value is -2.89. The molecule has 0 radical (unpaired) electrons. The van der Waals surface area contributed by atoms with E-state index in [0.717, 1.165) is 109 Å². The van der Waals surface area contributed by atoms with Gasteiger partial charge in [-0.3, -0.25) is 14.4 Å². The Balaban J connectivity index is 4.30. The van der Waals surface area contributed by atoms with Crippen molar-refractivity contribution in [3.63, 3.8) is 0 Å². The summed E-state index contributed by atoms with van der Waals surface area (Å²) in [5.74, 6) is -0.907. The molecular weight excluding hydrogens is 829 g/mol. The van der Waals surface area contributed by atoms with Crippen LogP contribution in [0.4, 0.5) is 0 Å². The molecule has 0 unspecified atom stereocenters. The smallest absolute Gasteiger partial charge is 0.306 e. The second-order valence-corrected chi connectivity index (χ2v) is 19.2. The largest absolute Gasteiger partial charge is 0.462 e. The number of rotatable bonds is 52. The lowest BCUT2D eigenvalue weighted by Gasteiger charge is -2.18. The molecule has 0 N–H and O–H groups in total. The second-order valence-electron chi connectivity index (χ2n) is 19.2. The van der Waals surface area contributed by atoms with Gasteiger partial charge in [0.1, 0.15) is 13.2 Å². The number of hydrogen-bond donors (Lipinski definition) is 0. The van der Waals surface area contributed by atoms with Gasteiger partial charge in [-0.15, -0.1) is 0 Å². The molecule has 0 aromatic carbocycles. The molecular formula is C61H108O6. The standard InChI is InChI=1S/C61H108O6/c1-4-7-10-13-16-19-22-24-26-28-29-30-31-33-35-37-40-42-45-48-51-54-60(63)66-57-58(67-61(64)55-52-49-46-43-38-21-18-15-12-9-6-3)56-65-59(62)53-50-47-44-41-39-36-34-32-27-25-23-20-17-14-11-8-5-2/h8,11,15,17-18,20,25,27,34,36,58H,4-7,9-10,12-14,16,19,21-24,26,28-33,35,37-57H2,1-3H3/b11-8-,18-15-,20-17-,27-25-,36-34-/t58-/m1/s1. The van der Waals surface area contributed by atoms with Gasteiger partial charge in [0.05, 0.1) is 0 Å². The Kier molecular flexibility index (Phi) is 53.3. The predicted octanol–water partition coefficient (Wildman–Crippen LogP) is 19.2. The lowest BCUT2D eigenvalue weighted by Crippen LogP contribution is -2.30. The van der Waals surface area contributed by atoms with E-state index in [1.54, 1.807) is 0 Å². The Morgan fingerprint density at radius 2 is 0.597 bits per heavy atom. The maximum atomic E-state index is 12.8. The molecule has 0 spiro atoms. The van der Waals surface area contributed by atoms with E-state index >= 15 is 0 Å². The Bertz CT molecular complexity index is 1210. The van der Waals surface area contributed by atoms with Gasteiger partial charge in [-0.05, 0) is 77.0 Å². The summed E-state index contributed by atoms with van der Waals surface area (Å²) in [4.78, 5) is 38.1. The van der Waals surface area contributed by atoms with Crippen molar-refractivity contribution >= 4 is 17.9 Å². The van der Waals surface area contributed by atoms with Gasteiger partial charge in [0, 0.05) is 19.3 Å². The number of carbonyl (C=O) groups excluding carboxylic acids is 3. The first kappa shape index (κ1) is 64.1. The maximum absolute atomic E-state index is 12.8. The van der Waals surface area contributed by atoms with Gasteiger partial charge < -0.3 is 14.2 Å². The third kappa shape index (κ3) is 53.9. The molecule has 0 rings (SSSR count). The van der Waals surface area contributed by atoms with Crippen LogP contribution in [-0.2, 0) is 28.6 Å². The molecule has 1 atom stereocenters. The van der Waals surface area contributed by atoms with Crippen LogP contribution in [0.25, 0.3) is 0 Å². The molecule has 6 heteroatoms. The molecule has 67 heavy (non-hydrogen) atoms. The Morgan fingerprint density at radius 1 is 0.313 bits per heavy atom. The van der Waals surface area contributed by atoms with E-state index in [1.165, 1.54) is 141 Å². The minimum atomic E-state index is -0.786. The van der Waals surface area contributed by atoms with Crippen molar-refractivity contribution in [3.05, 3.63) is 60.8 Å². The van der Waals surface area contributed by atoms with Gasteiger partial charge in [0.2, 0.25) is 0 Å². The van der Waals surface area contributed by atoms with Gasteiger partial charge in [-0.2, -0.15) is 0 Å². The molecule has 0 bridgehead atoms. The Labute approximate surface area is 415 Å². The van der Waals surface area contributed by atoms with E-state index in [-0.39, 0.29) is 31.1 Å². The van der Waals surface area contributed by atoms with E-state index in [0.29, 0.717) is 19.3 Å². The first-order chi connectivity index (χ1) is 33.0. The van der Waals surface area contributed by atoms with Gasteiger partial charge in [0.15, 0.2) is 6.10 Å². The number of unbranched alkanes of at least 4 members (excludes halogenated alkanes) is 31. The first-order valence-corrected chi connectivity index (χ1v) is 28.8. The van der Waals surface area contributed by atoms with Crippen LogP contribution < -0.4 is 0 Å². The molecule has 0 aromatic heterocycles. The van der Waals surface area contributed by atoms with Crippen LogP contribution >= 0.6 is 0 Å². The molecule has 388 valence electrons. The van der Waals surface area contributed by atoms with Crippen molar-refractivity contribution in [2.45, 2.75) is 297 Å². The molecule has 0 aromatic rings. The summed E-state index contributed by atoms with van der Waals surface area (Å²) in [5.41, 5.74) is 0. The summed E-state index contributed by atoms with van der Waals surface area (Å²) in [6.07, 6.45) is 69.3. The van der Waals surface area contributed by atoms with Crippen LogP contribution in [0.2, 0.25) is 0 Å². The lowest BCUT2D eigenvalue weighted by molar-refractivity contribution is -0.167. The van der Waals surface area contributed by atoms with Crippen molar-refractivity contribution in [3.8, 4) is 0 Å². The average molecular weight is 938 g/mol. The molecule has 0 saturated carbocycles. The van der Waals surface area contributed by atoms with Crippen LogP contribution in [0.15, 0.2) is 60.8 Å². The van der Waals surface area contributed by atoms with Gasteiger partial charge in [0.25, 0.3) is 0 Å². The van der Waals surface area contributed by atoms with Crippen molar-refractivity contribution in [2.24, 2.45) is 0 Å². The molecule has 0 heterocycles. The first-order valence-electron chi connectivity index (χ1n) is 28.8. The molecule has 6 nitrogen and oxygen atoms in total. The fraction of sp³-hybridized carbons (Fsp3) is 0.787. The van der Waals surface area contributed by atoms with E-state index in [9.17, 15) is 14.4 Å². The highest BCUT2D eigenvalue weighted by molar-refractivity contribution is 5.71. The van der Waals surface area contributed by atoms with E-state index in [1.807, 2.05) is 0 Å². The predicted molar refractivity (Wildman–Crippen MR) is 288 cm³/mol. The summed E-state index contributed by atoms with van der Waals surface area (Å²) in [6.45, 7) is 6.49. The normalized spacial score (nSPS) is 12.5. The summed E-state index contributed by atoms with van der Waals surface area (Å²) in [6, 6.07) is 0. The molecule has 0 aliphatic rings. The minimum Gasteiger partial charge on any atom is -0.462 e. The number of esters is 3. The van der Waals surface area contributed by atoms with Crippen LogP contribution in [0, 0.1) is 0 Å². The molecule has 0 fully saturated rings. The highest BCUT2D eigenvalue weighted by Gasteiger charge is 2.19. The fourth-order valence-electron chi connectivity index (χ4n) is 8.18. The van der Waals surface area contributed by atoms with E-state index < -0.39 is 6.10 Å².